The lowest BCUT2D eigenvalue weighted by Gasteiger charge is -2.46. The summed E-state index contributed by atoms with van der Waals surface area (Å²) in [6.07, 6.45) is 8.18. The molecule has 0 N–H and O–H groups in total. The summed E-state index contributed by atoms with van der Waals surface area (Å²) in [7, 11) is 0. The average Bonchev–Trinajstić information content (AvgIpc) is 3.74. The van der Waals surface area contributed by atoms with E-state index in [1.54, 1.807) is 0 Å². The number of unbranched alkanes of at least 4 members (excludes halogenated alkanes) is 4. The van der Waals surface area contributed by atoms with Gasteiger partial charge in [0.25, 0.3) is 0 Å². The van der Waals surface area contributed by atoms with E-state index in [0.29, 0.717) is 38.1 Å². The molecule has 1 aliphatic heterocycles. The predicted octanol–water partition coefficient (Wildman–Crippen LogP) is 7.71. The number of rotatable bonds is 19. The maximum absolute atomic E-state index is 9.90. The van der Waals surface area contributed by atoms with Crippen LogP contribution in [-0.2, 0) is 29.1 Å². The number of ether oxygens (including phenoxy) is 5. The molecule has 7 heteroatoms. The molecule has 0 aromatic heterocycles. The molecule has 0 radical (unpaired) electrons. The van der Waals surface area contributed by atoms with Gasteiger partial charge in [-0.15, -0.1) is 0 Å². The van der Waals surface area contributed by atoms with Crippen molar-refractivity contribution in [3.05, 3.63) is 34.3 Å². The Balaban J connectivity index is 1.98. The van der Waals surface area contributed by atoms with Crippen LogP contribution >= 0.6 is 11.6 Å². The third-order valence-electron chi connectivity index (χ3n) is 7.78. The third kappa shape index (κ3) is 8.89. The fourth-order valence-electron chi connectivity index (χ4n) is 5.08. The Bertz CT molecular complexity index is 886. The first-order valence-electron chi connectivity index (χ1n) is 15.3. The smallest absolute Gasteiger partial charge is 0.117 e. The van der Waals surface area contributed by atoms with Crippen LogP contribution in [0.15, 0.2) is 18.2 Å². The van der Waals surface area contributed by atoms with E-state index in [9.17, 15) is 5.26 Å². The van der Waals surface area contributed by atoms with Crippen molar-refractivity contribution in [2.45, 2.75) is 128 Å². The van der Waals surface area contributed by atoms with Gasteiger partial charge < -0.3 is 23.7 Å². The molecule has 1 saturated carbocycles. The summed E-state index contributed by atoms with van der Waals surface area (Å²) in [5, 5.41) is 10.5. The number of nitrogens with zero attached hydrogens (tertiary/aromatic N) is 1. The molecule has 1 saturated heterocycles. The molecule has 3 rings (SSSR count). The molecular weight excluding hydrogens is 514 g/mol. The second-order valence-electron chi connectivity index (χ2n) is 11.0. The third-order valence-corrected chi connectivity index (χ3v) is 8.11. The summed E-state index contributed by atoms with van der Waals surface area (Å²) >= 11 is 6.62. The lowest BCUT2D eigenvalue weighted by Crippen LogP contribution is -2.58. The second-order valence-corrected chi connectivity index (χ2v) is 11.4. The van der Waals surface area contributed by atoms with Crippen LogP contribution in [0.4, 0.5) is 0 Å². The largest absolute Gasteiger partial charge is 0.379 e. The summed E-state index contributed by atoms with van der Waals surface area (Å²) in [5.41, 5.74) is 1.36. The molecule has 1 heterocycles. The number of hydrogen-bond acceptors (Lipinski definition) is 6. The van der Waals surface area contributed by atoms with Crippen molar-refractivity contribution < 1.29 is 23.7 Å². The van der Waals surface area contributed by atoms with E-state index in [2.05, 4.69) is 39.8 Å². The standard InChI is InChI=1S/C32H50ClNO5/c1-5-9-17-35-22-27-29(36-18-10-6-2)31(38-20-12-8-4)30(37-19-11-7-3)28(39-27)24-13-14-26(33)25(21-24)32(23-34)15-16-32/h13-14,21,27-31H,5-12,15-20,22H2,1-4H3/t27-,28+,29-,30+,31+/m1/s1. The minimum Gasteiger partial charge on any atom is -0.379 e. The zero-order chi connectivity index (χ0) is 28.1. The maximum Gasteiger partial charge on any atom is 0.117 e. The van der Waals surface area contributed by atoms with Crippen LogP contribution in [0.25, 0.3) is 0 Å². The Kier molecular flexibility index (Phi) is 14.0. The molecule has 0 spiro atoms. The molecule has 6 nitrogen and oxygen atoms in total. The van der Waals surface area contributed by atoms with Crippen molar-refractivity contribution in [2.24, 2.45) is 0 Å². The van der Waals surface area contributed by atoms with E-state index in [-0.39, 0.29) is 30.5 Å². The van der Waals surface area contributed by atoms with Crippen molar-refractivity contribution in [3.8, 4) is 6.07 Å². The van der Waals surface area contributed by atoms with Gasteiger partial charge in [0.1, 0.15) is 30.5 Å². The number of hydrogen-bond donors (Lipinski definition) is 0. The van der Waals surface area contributed by atoms with Gasteiger partial charge in [-0.05, 0) is 55.7 Å². The van der Waals surface area contributed by atoms with Crippen molar-refractivity contribution in [2.75, 3.05) is 33.0 Å². The molecule has 5 atom stereocenters. The molecule has 1 aromatic rings. The van der Waals surface area contributed by atoms with Crippen LogP contribution < -0.4 is 0 Å². The summed E-state index contributed by atoms with van der Waals surface area (Å²) in [6, 6.07) is 8.48. The van der Waals surface area contributed by atoms with Crippen LogP contribution in [0.5, 0.6) is 0 Å². The summed E-state index contributed by atoms with van der Waals surface area (Å²) in [5.74, 6) is 0. The van der Waals surface area contributed by atoms with Gasteiger partial charge in [-0.1, -0.05) is 77.1 Å². The van der Waals surface area contributed by atoms with Gasteiger partial charge >= 0.3 is 0 Å². The first-order valence-corrected chi connectivity index (χ1v) is 15.7. The minimum absolute atomic E-state index is 0.293. The molecule has 0 amide bonds. The zero-order valence-electron chi connectivity index (χ0n) is 24.6. The Labute approximate surface area is 241 Å². The Morgan fingerprint density at radius 1 is 0.846 bits per heavy atom. The topological polar surface area (TPSA) is 69.9 Å². The van der Waals surface area contributed by atoms with Crippen molar-refractivity contribution in [1.82, 2.24) is 0 Å². The second kappa shape index (κ2) is 16.9. The van der Waals surface area contributed by atoms with Crippen LogP contribution in [0.1, 0.15) is 109 Å². The van der Waals surface area contributed by atoms with E-state index in [1.165, 1.54) is 0 Å². The molecule has 2 aliphatic rings. The van der Waals surface area contributed by atoms with Gasteiger partial charge in [-0.2, -0.15) is 5.26 Å². The summed E-state index contributed by atoms with van der Waals surface area (Å²) < 4.78 is 32.7. The van der Waals surface area contributed by atoms with Crippen molar-refractivity contribution in [1.29, 1.82) is 5.26 Å². The highest BCUT2D eigenvalue weighted by molar-refractivity contribution is 6.31. The van der Waals surface area contributed by atoms with Gasteiger partial charge in [-0.25, -0.2) is 0 Å². The van der Waals surface area contributed by atoms with Crippen molar-refractivity contribution >= 4 is 11.6 Å². The van der Waals surface area contributed by atoms with Crippen LogP contribution in [-0.4, -0.2) is 57.5 Å². The van der Waals surface area contributed by atoms with Gasteiger partial charge in [0.05, 0.1) is 18.1 Å². The van der Waals surface area contributed by atoms with Gasteiger partial charge in [0.15, 0.2) is 0 Å². The van der Waals surface area contributed by atoms with E-state index in [4.69, 9.17) is 35.3 Å². The number of halogens is 1. The van der Waals surface area contributed by atoms with E-state index in [0.717, 1.165) is 75.3 Å². The van der Waals surface area contributed by atoms with Gasteiger partial charge in [-0.3, -0.25) is 0 Å². The highest BCUT2D eigenvalue weighted by Crippen LogP contribution is 2.51. The number of benzene rings is 1. The van der Waals surface area contributed by atoms with E-state index in [1.807, 2.05) is 12.1 Å². The number of nitriles is 1. The lowest BCUT2D eigenvalue weighted by atomic mass is 9.88. The van der Waals surface area contributed by atoms with Crippen LogP contribution in [0.2, 0.25) is 5.02 Å². The zero-order valence-corrected chi connectivity index (χ0v) is 25.3. The molecule has 39 heavy (non-hydrogen) atoms. The van der Waals surface area contributed by atoms with Gasteiger partial charge in [0, 0.05) is 31.5 Å². The summed E-state index contributed by atoms with van der Waals surface area (Å²) in [6.45, 7) is 11.7. The molecule has 1 aliphatic carbocycles. The molecule has 1 aromatic carbocycles. The van der Waals surface area contributed by atoms with Crippen LogP contribution in [0.3, 0.4) is 0 Å². The first-order chi connectivity index (χ1) is 19.0. The fourth-order valence-corrected chi connectivity index (χ4v) is 5.38. The van der Waals surface area contributed by atoms with E-state index < -0.39 is 5.41 Å². The Morgan fingerprint density at radius 2 is 1.41 bits per heavy atom. The first kappa shape index (κ1) is 32.3. The molecule has 2 fully saturated rings. The SMILES string of the molecule is CCCCOC[C@H]1O[C@@H](c2ccc(Cl)c(C3(C#N)CC3)c2)[C@H](OCCCC)[C@@H](OCCCC)[C@@H]1OCCCC. The molecule has 0 bridgehead atoms. The highest BCUT2D eigenvalue weighted by Gasteiger charge is 2.50. The Morgan fingerprint density at radius 3 is 1.97 bits per heavy atom. The molecule has 0 unspecified atom stereocenters. The highest BCUT2D eigenvalue weighted by atomic mass is 35.5. The monoisotopic (exact) mass is 563 g/mol. The molecular formula is C32H50ClNO5. The van der Waals surface area contributed by atoms with Crippen LogP contribution in [0, 0.1) is 11.3 Å². The summed E-state index contributed by atoms with van der Waals surface area (Å²) in [4.78, 5) is 0. The quantitative estimate of drug-likeness (QED) is 0.161. The minimum atomic E-state index is -0.494. The van der Waals surface area contributed by atoms with Gasteiger partial charge in [0.2, 0.25) is 0 Å². The fraction of sp³-hybridized carbons (Fsp3) is 0.781. The van der Waals surface area contributed by atoms with Crippen molar-refractivity contribution in [3.63, 3.8) is 0 Å². The lowest BCUT2D eigenvalue weighted by molar-refractivity contribution is -0.268. The molecule has 220 valence electrons. The predicted molar refractivity (Wildman–Crippen MR) is 155 cm³/mol. The maximum atomic E-state index is 9.90. The normalized spacial score (nSPS) is 25.9. The van der Waals surface area contributed by atoms with E-state index >= 15 is 0 Å². The Hall–Kier alpha value is -1.20. The average molecular weight is 564 g/mol.